The second kappa shape index (κ2) is 5.19. The van der Waals surface area contributed by atoms with Crippen molar-refractivity contribution >= 4 is 5.91 Å². The van der Waals surface area contributed by atoms with E-state index in [1.54, 1.807) is 13.0 Å². The summed E-state index contributed by atoms with van der Waals surface area (Å²) in [7, 11) is 0. The van der Waals surface area contributed by atoms with Gasteiger partial charge < -0.3 is 14.8 Å². The Balaban J connectivity index is 2.64. The van der Waals surface area contributed by atoms with Gasteiger partial charge in [0.1, 0.15) is 24.2 Å². The van der Waals surface area contributed by atoms with Gasteiger partial charge in [0.05, 0.1) is 23.8 Å². The SMILES string of the molecule is Cc1c(OC(C)C)cc(C#N)c2c1C(=O)NCCO2. The number of nitrogens with zero attached hydrogens (tertiary/aromatic N) is 1. The molecule has 1 heterocycles. The van der Waals surface area contributed by atoms with Crippen LogP contribution in [-0.4, -0.2) is 25.2 Å². The van der Waals surface area contributed by atoms with Crippen LogP contribution in [0.15, 0.2) is 6.07 Å². The molecule has 0 unspecified atom stereocenters. The molecule has 0 fully saturated rings. The Kier molecular flexibility index (Phi) is 3.61. The molecule has 19 heavy (non-hydrogen) atoms. The average Bonchev–Trinajstić information content (AvgIpc) is 2.55. The van der Waals surface area contributed by atoms with Crippen molar-refractivity contribution in [1.82, 2.24) is 5.32 Å². The highest BCUT2D eigenvalue weighted by Crippen LogP contribution is 2.35. The number of hydrogen-bond donors (Lipinski definition) is 1. The van der Waals surface area contributed by atoms with Gasteiger partial charge >= 0.3 is 0 Å². The molecule has 5 nitrogen and oxygen atoms in total. The Morgan fingerprint density at radius 2 is 2.26 bits per heavy atom. The van der Waals surface area contributed by atoms with Crippen LogP contribution in [0, 0.1) is 18.3 Å². The molecule has 1 aromatic carbocycles. The van der Waals surface area contributed by atoms with Crippen molar-refractivity contribution in [2.45, 2.75) is 26.9 Å². The van der Waals surface area contributed by atoms with Crippen LogP contribution in [0.4, 0.5) is 0 Å². The molecule has 0 atom stereocenters. The molecular formula is C14H16N2O3. The van der Waals surface area contributed by atoms with E-state index in [9.17, 15) is 10.1 Å². The minimum atomic E-state index is -0.226. The lowest BCUT2D eigenvalue weighted by Gasteiger charge is -2.17. The van der Waals surface area contributed by atoms with Gasteiger partial charge in [0, 0.05) is 11.6 Å². The first-order chi connectivity index (χ1) is 9.04. The van der Waals surface area contributed by atoms with Crippen LogP contribution in [0.5, 0.6) is 11.5 Å². The third-order valence-corrected chi connectivity index (χ3v) is 2.84. The van der Waals surface area contributed by atoms with Crippen LogP contribution < -0.4 is 14.8 Å². The molecule has 1 N–H and O–H groups in total. The summed E-state index contributed by atoms with van der Waals surface area (Å²) in [5, 5.41) is 11.9. The number of carbonyl (C=O) groups excluding carboxylic acids is 1. The summed E-state index contributed by atoms with van der Waals surface area (Å²) < 4.78 is 11.2. The first-order valence-electron chi connectivity index (χ1n) is 6.20. The maximum atomic E-state index is 12.1. The quantitative estimate of drug-likeness (QED) is 0.879. The zero-order chi connectivity index (χ0) is 14.0. The van der Waals surface area contributed by atoms with Crippen LogP contribution in [-0.2, 0) is 0 Å². The van der Waals surface area contributed by atoms with Gasteiger partial charge in [-0.1, -0.05) is 0 Å². The van der Waals surface area contributed by atoms with E-state index in [1.165, 1.54) is 0 Å². The highest BCUT2D eigenvalue weighted by atomic mass is 16.5. The van der Waals surface area contributed by atoms with Crippen molar-refractivity contribution in [3.63, 3.8) is 0 Å². The first-order valence-corrected chi connectivity index (χ1v) is 6.20. The molecule has 0 aromatic heterocycles. The van der Waals surface area contributed by atoms with E-state index in [2.05, 4.69) is 11.4 Å². The summed E-state index contributed by atoms with van der Waals surface area (Å²) in [5.41, 5.74) is 1.42. The Hall–Kier alpha value is -2.22. The minimum absolute atomic E-state index is 0.0296. The van der Waals surface area contributed by atoms with Gasteiger partial charge in [-0.05, 0) is 20.8 Å². The van der Waals surface area contributed by atoms with Gasteiger partial charge in [-0.25, -0.2) is 0 Å². The fraction of sp³-hybridized carbons (Fsp3) is 0.429. The van der Waals surface area contributed by atoms with E-state index < -0.39 is 0 Å². The molecule has 1 amide bonds. The zero-order valence-electron chi connectivity index (χ0n) is 11.2. The molecule has 0 saturated carbocycles. The van der Waals surface area contributed by atoms with Crippen LogP contribution >= 0.6 is 0 Å². The van der Waals surface area contributed by atoms with Crippen LogP contribution in [0.2, 0.25) is 0 Å². The summed E-state index contributed by atoms with van der Waals surface area (Å²) in [6, 6.07) is 3.69. The normalized spacial score (nSPS) is 13.9. The van der Waals surface area contributed by atoms with E-state index in [0.717, 1.165) is 0 Å². The molecular weight excluding hydrogens is 244 g/mol. The van der Waals surface area contributed by atoms with E-state index in [0.29, 0.717) is 41.3 Å². The van der Waals surface area contributed by atoms with Gasteiger partial charge in [-0.2, -0.15) is 5.26 Å². The van der Waals surface area contributed by atoms with Gasteiger partial charge in [0.15, 0.2) is 0 Å². The van der Waals surface area contributed by atoms with E-state index in [1.807, 2.05) is 13.8 Å². The Labute approximate surface area is 112 Å². The fourth-order valence-electron chi connectivity index (χ4n) is 2.02. The first kappa shape index (κ1) is 13.2. The van der Waals surface area contributed by atoms with E-state index in [4.69, 9.17) is 9.47 Å². The Morgan fingerprint density at radius 3 is 2.89 bits per heavy atom. The van der Waals surface area contributed by atoms with E-state index in [-0.39, 0.29) is 12.0 Å². The van der Waals surface area contributed by atoms with Crippen molar-refractivity contribution in [2.75, 3.05) is 13.2 Å². The summed E-state index contributed by atoms with van der Waals surface area (Å²) in [5.74, 6) is 0.674. The lowest BCUT2D eigenvalue weighted by atomic mass is 10.0. The molecule has 0 spiro atoms. The number of hydrogen-bond acceptors (Lipinski definition) is 4. The third-order valence-electron chi connectivity index (χ3n) is 2.84. The highest BCUT2D eigenvalue weighted by Gasteiger charge is 2.25. The van der Waals surface area contributed by atoms with Crippen LogP contribution in [0.1, 0.15) is 35.3 Å². The average molecular weight is 260 g/mol. The molecule has 2 rings (SSSR count). The van der Waals surface area contributed by atoms with Crippen molar-refractivity contribution in [3.05, 3.63) is 22.8 Å². The van der Waals surface area contributed by atoms with Gasteiger partial charge in [-0.15, -0.1) is 0 Å². The molecule has 1 aliphatic heterocycles. The maximum Gasteiger partial charge on any atom is 0.255 e. The smallest absolute Gasteiger partial charge is 0.255 e. The lowest BCUT2D eigenvalue weighted by Crippen LogP contribution is -2.25. The van der Waals surface area contributed by atoms with Gasteiger partial charge in [0.25, 0.3) is 5.91 Å². The van der Waals surface area contributed by atoms with Crippen molar-refractivity contribution < 1.29 is 14.3 Å². The van der Waals surface area contributed by atoms with Crippen LogP contribution in [0.3, 0.4) is 0 Å². The fourth-order valence-corrected chi connectivity index (χ4v) is 2.02. The number of nitrogens with one attached hydrogen (secondary N) is 1. The molecule has 1 aromatic rings. The standard InChI is InChI=1S/C14H16N2O3/c1-8(2)19-11-6-10(7-15)13-12(9(11)3)14(17)16-4-5-18-13/h6,8H,4-5H2,1-3H3,(H,16,17). The predicted octanol–water partition coefficient (Wildman–Crippen LogP) is 1.78. The Morgan fingerprint density at radius 1 is 1.53 bits per heavy atom. The minimum Gasteiger partial charge on any atom is -0.491 e. The lowest BCUT2D eigenvalue weighted by molar-refractivity contribution is 0.0955. The molecule has 0 bridgehead atoms. The number of fused-ring (bicyclic) bond motifs is 1. The summed E-state index contributed by atoms with van der Waals surface area (Å²) in [4.78, 5) is 12.1. The maximum absolute atomic E-state index is 12.1. The number of ether oxygens (including phenoxy) is 2. The topological polar surface area (TPSA) is 71.3 Å². The molecule has 5 heteroatoms. The highest BCUT2D eigenvalue weighted by molar-refractivity contribution is 6.00. The third kappa shape index (κ3) is 2.48. The van der Waals surface area contributed by atoms with E-state index >= 15 is 0 Å². The number of nitriles is 1. The largest absolute Gasteiger partial charge is 0.491 e. The summed E-state index contributed by atoms with van der Waals surface area (Å²) in [6.07, 6.45) is -0.0296. The van der Waals surface area contributed by atoms with Crippen LogP contribution in [0.25, 0.3) is 0 Å². The second-order valence-corrected chi connectivity index (χ2v) is 4.63. The predicted molar refractivity (Wildman–Crippen MR) is 69.5 cm³/mol. The Bertz CT molecular complexity index is 559. The second-order valence-electron chi connectivity index (χ2n) is 4.63. The van der Waals surface area contributed by atoms with Crippen molar-refractivity contribution in [1.29, 1.82) is 5.26 Å². The molecule has 0 aliphatic carbocycles. The molecule has 100 valence electrons. The monoisotopic (exact) mass is 260 g/mol. The summed E-state index contributed by atoms with van der Waals surface area (Å²) in [6.45, 7) is 6.38. The molecule has 1 aliphatic rings. The van der Waals surface area contributed by atoms with Gasteiger partial charge in [0.2, 0.25) is 0 Å². The van der Waals surface area contributed by atoms with Crippen molar-refractivity contribution in [3.8, 4) is 17.6 Å². The van der Waals surface area contributed by atoms with Crippen molar-refractivity contribution in [2.24, 2.45) is 0 Å². The zero-order valence-corrected chi connectivity index (χ0v) is 11.2. The summed E-state index contributed by atoms with van der Waals surface area (Å²) >= 11 is 0. The molecule has 0 saturated heterocycles. The number of benzene rings is 1. The molecule has 0 radical (unpaired) electrons. The number of carbonyl (C=O) groups is 1. The number of rotatable bonds is 2. The number of amides is 1. The van der Waals surface area contributed by atoms with Gasteiger partial charge in [-0.3, -0.25) is 4.79 Å².